The highest BCUT2D eigenvalue weighted by atomic mass is 14.9. The molecule has 0 atom stereocenters. The number of nitrogens with one attached hydrogen (secondary N) is 1. The Hall–Kier alpha value is -0.820. The molecule has 0 saturated heterocycles. The molecule has 1 spiro atoms. The lowest BCUT2D eigenvalue weighted by molar-refractivity contribution is 0.114. The first-order chi connectivity index (χ1) is 9.45. The van der Waals surface area contributed by atoms with E-state index in [0.29, 0.717) is 17.4 Å². The van der Waals surface area contributed by atoms with Gasteiger partial charge in [0.1, 0.15) is 0 Å². The van der Waals surface area contributed by atoms with Gasteiger partial charge in [-0.15, -0.1) is 0 Å². The second-order valence-electron chi connectivity index (χ2n) is 7.95. The molecule has 110 valence electrons. The zero-order chi connectivity index (χ0) is 14.4. The van der Waals surface area contributed by atoms with Gasteiger partial charge < -0.3 is 5.32 Å². The molecule has 0 aromatic heterocycles. The summed E-state index contributed by atoms with van der Waals surface area (Å²) in [4.78, 5) is 0. The smallest absolute Gasteiger partial charge is 0.00884 e. The predicted octanol–water partition coefficient (Wildman–Crippen LogP) is 4.62. The highest BCUT2D eigenvalue weighted by Crippen LogP contribution is 2.68. The fraction of sp³-hybridized carbons (Fsp3) is 0.684. The van der Waals surface area contributed by atoms with Crippen LogP contribution in [0.15, 0.2) is 24.3 Å². The van der Waals surface area contributed by atoms with Crippen molar-refractivity contribution in [3.63, 3.8) is 0 Å². The van der Waals surface area contributed by atoms with Crippen LogP contribution >= 0.6 is 0 Å². The van der Waals surface area contributed by atoms with E-state index in [2.05, 4.69) is 57.3 Å². The van der Waals surface area contributed by atoms with E-state index in [4.69, 9.17) is 0 Å². The number of rotatable bonds is 5. The third-order valence-corrected chi connectivity index (χ3v) is 5.42. The van der Waals surface area contributed by atoms with E-state index in [9.17, 15) is 0 Å². The van der Waals surface area contributed by atoms with E-state index in [1.807, 2.05) is 0 Å². The lowest BCUT2D eigenvalue weighted by Gasteiger charge is -2.50. The Balaban J connectivity index is 1.78. The monoisotopic (exact) mass is 271 g/mol. The Labute approximate surface area is 124 Å². The molecule has 3 rings (SSSR count). The Morgan fingerprint density at radius 1 is 1.00 bits per heavy atom. The summed E-state index contributed by atoms with van der Waals surface area (Å²) in [5, 5.41) is 3.69. The van der Waals surface area contributed by atoms with Crippen LogP contribution in [0.25, 0.3) is 0 Å². The van der Waals surface area contributed by atoms with Gasteiger partial charge in [-0.05, 0) is 48.1 Å². The van der Waals surface area contributed by atoms with E-state index >= 15 is 0 Å². The fourth-order valence-electron chi connectivity index (χ4n) is 3.97. The molecule has 2 aliphatic rings. The van der Waals surface area contributed by atoms with Crippen LogP contribution in [0.4, 0.5) is 0 Å². The van der Waals surface area contributed by atoms with Crippen molar-refractivity contribution in [2.75, 3.05) is 6.54 Å². The topological polar surface area (TPSA) is 12.0 Å². The van der Waals surface area contributed by atoms with E-state index in [0.717, 1.165) is 12.0 Å². The van der Waals surface area contributed by atoms with Crippen molar-refractivity contribution in [3.8, 4) is 0 Å². The molecule has 0 bridgehead atoms. The summed E-state index contributed by atoms with van der Waals surface area (Å²) in [6.07, 6.45) is 5.75. The Morgan fingerprint density at radius 2 is 1.60 bits per heavy atom. The number of benzene rings is 1. The molecule has 0 aliphatic heterocycles. The quantitative estimate of drug-likeness (QED) is 0.824. The van der Waals surface area contributed by atoms with Gasteiger partial charge >= 0.3 is 0 Å². The Morgan fingerprint density at radius 3 is 2.05 bits per heavy atom. The third kappa shape index (κ3) is 2.53. The minimum Gasteiger partial charge on any atom is -0.314 e. The van der Waals surface area contributed by atoms with Crippen molar-refractivity contribution < 1.29 is 0 Å². The van der Waals surface area contributed by atoms with Crippen molar-refractivity contribution >= 4 is 0 Å². The van der Waals surface area contributed by atoms with Gasteiger partial charge in [0, 0.05) is 18.0 Å². The minimum atomic E-state index is 0.413. The molecule has 2 fully saturated rings. The largest absolute Gasteiger partial charge is 0.314 e. The number of hydrogen-bond donors (Lipinski definition) is 1. The van der Waals surface area contributed by atoms with Gasteiger partial charge in [0.05, 0.1) is 0 Å². The second kappa shape index (κ2) is 4.87. The molecule has 1 N–H and O–H groups in total. The van der Waals surface area contributed by atoms with Crippen molar-refractivity contribution in [1.82, 2.24) is 5.32 Å². The average Bonchev–Trinajstić information content (AvgIpc) is 3.15. The molecule has 1 aromatic rings. The molecule has 0 amide bonds. The van der Waals surface area contributed by atoms with E-state index in [-0.39, 0.29) is 0 Å². The van der Waals surface area contributed by atoms with Gasteiger partial charge in [0.2, 0.25) is 0 Å². The van der Waals surface area contributed by atoms with Crippen molar-refractivity contribution in [1.29, 1.82) is 0 Å². The van der Waals surface area contributed by atoms with Crippen LogP contribution in [0.5, 0.6) is 0 Å². The standard InChI is InChI=1S/C19H29N/c1-14(2)16-5-7-17(8-6-16)19(13-20-15(3)4)11-18(12-19)9-10-18/h5-8,14-15,20H,9-13H2,1-4H3. The van der Waals surface area contributed by atoms with E-state index in [1.54, 1.807) is 5.56 Å². The summed E-state index contributed by atoms with van der Waals surface area (Å²) in [5.74, 6) is 0.630. The van der Waals surface area contributed by atoms with E-state index < -0.39 is 0 Å². The van der Waals surface area contributed by atoms with Gasteiger partial charge in [-0.2, -0.15) is 0 Å². The Bertz CT molecular complexity index is 457. The maximum atomic E-state index is 3.69. The SMILES string of the molecule is CC(C)NCC1(c2ccc(C(C)C)cc2)CC2(CC2)C1. The molecule has 0 unspecified atom stereocenters. The third-order valence-electron chi connectivity index (χ3n) is 5.42. The summed E-state index contributed by atoms with van der Waals surface area (Å²) in [7, 11) is 0. The average molecular weight is 271 g/mol. The van der Waals surface area contributed by atoms with Crippen LogP contribution in [0.2, 0.25) is 0 Å². The van der Waals surface area contributed by atoms with Gasteiger partial charge in [0.25, 0.3) is 0 Å². The first kappa shape index (κ1) is 14.1. The molecule has 1 heteroatoms. The molecule has 1 nitrogen and oxygen atoms in total. The maximum Gasteiger partial charge on any atom is 0.00884 e. The van der Waals surface area contributed by atoms with Crippen LogP contribution < -0.4 is 5.32 Å². The zero-order valence-electron chi connectivity index (χ0n) is 13.5. The summed E-state index contributed by atoms with van der Waals surface area (Å²) >= 11 is 0. The minimum absolute atomic E-state index is 0.413. The van der Waals surface area contributed by atoms with Crippen LogP contribution in [-0.4, -0.2) is 12.6 Å². The van der Waals surface area contributed by atoms with Crippen LogP contribution in [0.1, 0.15) is 70.4 Å². The summed E-state index contributed by atoms with van der Waals surface area (Å²) in [6, 6.07) is 10.1. The molecule has 0 heterocycles. The van der Waals surface area contributed by atoms with Gasteiger partial charge in [0.15, 0.2) is 0 Å². The second-order valence-corrected chi connectivity index (χ2v) is 7.95. The maximum absolute atomic E-state index is 3.69. The summed E-state index contributed by atoms with van der Waals surface area (Å²) < 4.78 is 0. The van der Waals surface area contributed by atoms with E-state index in [1.165, 1.54) is 31.2 Å². The van der Waals surface area contributed by atoms with Gasteiger partial charge in [-0.25, -0.2) is 0 Å². The first-order valence-electron chi connectivity index (χ1n) is 8.29. The van der Waals surface area contributed by atoms with Crippen LogP contribution in [0, 0.1) is 5.41 Å². The van der Waals surface area contributed by atoms with Crippen LogP contribution in [-0.2, 0) is 5.41 Å². The predicted molar refractivity (Wildman–Crippen MR) is 86.2 cm³/mol. The van der Waals surface area contributed by atoms with Crippen molar-refractivity contribution in [2.24, 2.45) is 5.41 Å². The highest BCUT2D eigenvalue weighted by molar-refractivity contribution is 5.36. The molecule has 1 aromatic carbocycles. The molecular formula is C19H29N. The molecule has 0 radical (unpaired) electrons. The van der Waals surface area contributed by atoms with Gasteiger partial charge in [-0.1, -0.05) is 52.0 Å². The van der Waals surface area contributed by atoms with Crippen molar-refractivity contribution in [2.45, 2.75) is 70.8 Å². The highest BCUT2D eigenvalue weighted by Gasteiger charge is 2.60. The normalized spacial score (nSPS) is 22.3. The fourth-order valence-corrected chi connectivity index (χ4v) is 3.97. The van der Waals surface area contributed by atoms with Crippen molar-refractivity contribution in [3.05, 3.63) is 35.4 Å². The van der Waals surface area contributed by atoms with Crippen LogP contribution in [0.3, 0.4) is 0 Å². The molecular weight excluding hydrogens is 242 g/mol. The Kier molecular flexibility index (Phi) is 3.44. The zero-order valence-corrected chi connectivity index (χ0v) is 13.5. The summed E-state index contributed by atoms with van der Waals surface area (Å²) in [5.41, 5.74) is 4.18. The molecule has 2 aliphatic carbocycles. The van der Waals surface area contributed by atoms with Gasteiger partial charge in [-0.3, -0.25) is 0 Å². The lowest BCUT2D eigenvalue weighted by atomic mass is 9.56. The summed E-state index contributed by atoms with van der Waals surface area (Å²) in [6.45, 7) is 10.2. The molecule has 20 heavy (non-hydrogen) atoms. The lowest BCUT2D eigenvalue weighted by Crippen LogP contribution is -2.50. The number of hydrogen-bond acceptors (Lipinski definition) is 1. The first-order valence-corrected chi connectivity index (χ1v) is 8.29. The molecule has 2 saturated carbocycles.